The zero-order valence-electron chi connectivity index (χ0n) is 11.4. The molecule has 4 nitrogen and oxygen atoms in total. The van der Waals surface area contributed by atoms with Crippen LogP contribution in [0, 0.1) is 35.0 Å². The van der Waals surface area contributed by atoms with Crippen molar-refractivity contribution in [3.63, 3.8) is 0 Å². The molecule has 1 saturated heterocycles. The molecule has 4 rings (SSSR count). The van der Waals surface area contributed by atoms with Crippen molar-refractivity contribution in [3.8, 4) is 6.07 Å². The largest absolute Gasteiger partial charge is 0.278 e. The third kappa shape index (κ3) is 1.67. The fourth-order valence-electron chi connectivity index (χ4n) is 4.04. The first kappa shape index (κ1) is 12.3. The monoisotopic (exact) mass is 278 g/mol. The minimum absolute atomic E-state index is 0.0378. The molecule has 4 atom stereocenters. The zero-order valence-corrected chi connectivity index (χ0v) is 11.4. The summed E-state index contributed by atoms with van der Waals surface area (Å²) in [6.07, 6.45) is 5.14. The predicted octanol–water partition coefficient (Wildman–Crippen LogP) is 1.87. The van der Waals surface area contributed by atoms with Crippen LogP contribution in [0.4, 0.5) is 0 Å². The number of hydrogen-bond donors (Lipinski definition) is 0. The van der Waals surface area contributed by atoms with Gasteiger partial charge in [0.05, 0.1) is 30.0 Å². The third-order valence-corrected chi connectivity index (χ3v) is 4.96. The summed E-state index contributed by atoms with van der Waals surface area (Å²) in [5.74, 6) is 0.116. The number of carbonyl (C=O) groups is 2. The predicted molar refractivity (Wildman–Crippen MR) is 74.4 cm³/mol. The summed E-state index contributed by atoms with van der Waals surface area (Å²) in [7, 11) is 0. The molecule has 3 aliphatic rings. The van der Waals surface area contributed by atoms with E-state index in [0.717, 1.165) is 12.0 Å². The van der Waals surface area contributed by atoms with Gasteiger partial charge in [0.15, 0.2) is 0 Å². The second kappa shape index (κ2) is 4.29. The Balaban J connectivity index is 1.61. The van der Waals surface area contributed by atoms with E-state index in [1.165, 1.54) is 4.90 Å². The highest BCUT2D eigenvalue weighted by Gasteiger charge is 2.59. The van der Waals surface area contributed by atoms with Gasteiger partial charge in [-0.05, 0) is 36.0 Å². The number of hydrogen-bond acceptors (Lipinski definition) is 3. The van der Waals surface area contributed by atoms with Gasteiger partial charge in [-0.3, -0.25) is 14.5 Å². The van der Waals surface area contributed by atoms with Crippen LogP contribution in [0.5, 0.6) is 0 Å². The van der Waals surface area contributed by atoms with Crippen LogP contribution in [0.25, 0.3) is 0 Å². The van der Waals surface area contributed by atoms with E-state index in [9.17, 15) is 9.59 Å². The van der Waals surface area contributed by atoms with Gasteiger partial charge in [0, 0.05) is 0 Å². The van der Waals surface area contributed by atoms with Crippen LogP contribution in [0.3, 0.4) is 0 Å². The fourth-order valence-corrected chi connectivity index (χ4v) is 4.04. The van der Waals surface area contributed by atoms with Crippen molar-refractivity contribution < 1.29 is 9.59 Å². The Morgan fingerprint density at radius 3 is 2.43 bits per heavy atom. The summed E-state index contributed by atoms with van der Waals surface area (Å²) in [6, 6.07) is 9.17. The van der Waals surface area contributed by atoms with Crippen LogP contribution in [0.1, 0.15) is 17.5 Å². The summed E-state index contributed by atoms with van der Waals surface area (Å²) < 4.78 is 0. The molecule has 104 valence electrons. The molecule has 0 aromatic heterocycles. The molecular formula is C17H14N2O2. The van der Waals surface area contributed by atoms with Crippen LogP contribution < -0.4 is 0 Å². The first-order valence-electron chi connectivity index (χ1n) is 7.21. The van der Waals surface area contributed by atoms with Crippen LogP contribution >= 0.6 is 0 Å². The molecule has 1 heterocycles. The van der Waals surface area contributed by atoms with E-state index < -0.39 is 0 Å². The van der Waals surface area contributed by atoms with Gasteiger partial charge in [0.2, 0.25) is 11.8 Å². The van der Waals surface area contributed by atoms with Gasteiger partial charge >= 0.3 is 0 Å². The topological polar surface area (TPSA) is 61.2 Å². The average Bonchev–Trinajstić information content (AvgIpc) is 3.17. The fraction of sp³-hybridized carbons (Fsp3) is 0.353. The lowest BCUT2D eigenvalue weighted by Crippen LogP contribution is -2.32. The minimum atomic E-state index is -0.147. The molecule has 0 radical (unpaired) electrons. The number of imide groups is 1. The maximum Gasteiger partial charge on any atom is 0.234 e. The van der Waals surface area contributed by atoms with E-state index in [1.54, 1.807) is 18.2 Å². The van der Waals surface area contributed by atoms with Gasteiger partial charge in [-0.2, -0.15) is 5.26 Å². The van der Waals surface area contributed by atoms with Crippen LogP contribution in [-0.2, 0) is 16.1 Å². The van der Waals surface area contributed by atoms with Gasteiger partial charge in [-0.1, -0.05) is 24.3 Å². The van der Waals surface area contributed by atoms with Crippen molar-refractivity contribution in [3.05, 3.63) is 47.5 Å². The molecular weight excluding hydrogens is 264 g/mol. The quantitative estimate of drug-likeness (QED) is 0.613. The van der Waals surface area contributed by atoms with Crippen molar-refractivity contribution in [1.82, 2.24) is 4.90 Å². The molecule has 4 unspecified atom stereocenters. The van der Waals surface area contributed by atoms with Gasteiger partial charge in [-0.25, -0.2) is 0 Å². The molecule has 1 saturated carbocycles. The highest BCUT2D eigenvalue weighted by atomic mass is 16.2. The summed E-state index contributed by atoms with van der Waals surface area (Å²) in [6.45, 7) is 0.277. The molecule has 2 amide bonds. The lowest BCUT2D eigenvalue weighted by atomic mass is 9.85. The standard InChI is InChI=1S/C17H14N2O2/c18-8-10-2-1-3-11(6-10)9-19-16(20)14-12-4-5-13(7-12)15(14)17(19)21/h1-6,12-15H,7,9H2. The molecule has 2 aliphatic carbocycles. The number of allylic oxidation sites excluding steroid dienone is 2. The summed E-state index contributed by atoms with van der Waals surface area (Å²) in [5.41, 5.74) is 1.38. The SMILES string of the molecule is N#Cc1cccc(CN2C(=O)C3C4C=CC(C4)C3C2=O)c1. The Bertz CT molecular complexity index is 686. The zero-order chi connectivity index (χ0) is 14.6. The maximum atomic E-state index is 12.6. The molecule has 4 heteroatoms. The third-order valence-electron chi connectivity index (χ3n) is 4.96. The molecule has 1 aromatic rings. The molecule has 1 aromatic carbocycles. The van der Waals surface area contributed by atoms with Crippen molar-refractivity contribution in [1.29, 1.82) is 5.26 Å². The summed E-state index contributed by atoms with van der Waals surface area (Å²) >= 11 is 0. The molecule has 2 bridgehead atoms. The van der Waals surface area contributed by atoms with Gasteiger partial charge in [0.1, 0.15) is 0 Å². The maximum absolute atomic E-state index is 12.6. The number of nitriles is 1. The van der Waals surface area contributed by atoms with Crippen molar-refractivity contribution in [2.45, 2.75) is 13.0 Å². The molecule has 0 spiro atoms. The highest BCUT2D eigenvalue weighted by molar-refractivity contribution is 6.06. The van der Waals surface area contributed by atoms with E-state index in [1.807, 2.05) is 6.07 Å². The van der Waals surface area contributed by atoms with Crippen LogP contribution in [0.15, 0.2) is 36.4 Å². The molecule has 1 aliphatic heterocycles. The highest BCUT2D eigenvalue weighted by Crippen LogP contribution is 2.52. The molecule has 0 N–H and O–H groups in total. The van der Waals surface area contributed by atoms with Gasteiger partial charge in [0.25, 0.3) is 0 Å². The Hall–Kier alpha value is -2.41. The normalized spacial score (nSPS) is 32.6. The molecule has 21 heavy (non-hydrogen) atoms. The smallest absolute Gasteiger partial charge is 0.234 e. The number of nitrogens with zero attached hydrogens (tertiary/aromatic N) is 2. The van der Waals surface area contributed by atoms with Gasteiger partial charge in [-0.15, -0.1) is 0 Å². The second-order valence-electron chi connectivity index (χ2n) is 6.07. The Morgan fingerprint density at radius 2 is 1.81 bits per heavy atom. The van der Waals surface area contributed by atoms with E-state index in [4.69, 9.17) is 5.26 Å². The number of likely N-dealkylation sites (tertiary alicyclic amines) is 1. The molecule has 2 fully saturated rings. The number of fused-ring (bicyclic) bond motifs is 5. The Morgan fingerprint density at radius 1 is 1.14 bits per heavy atom. The van der Waals surface area contributed by atoms with E-state index in [0.29, 0.717) is 5.56 Å². The number of amides is 2. The Kier molecular flexibility index (Phi) is 2.52. The van der Waals surface area contributed by atoms with Gasteiger partial charge < -0.3 is 0 Å². The van der Waals surface area contributed by atoms with Crippen LogP contribution in [0.2, 0.25) is 0 Å². The first-order valence-corrected chi connectivity index (χ1v) is 7.21. The minimum Gasteiger partial charge on any atom is -0.278 e. The summed E-state index contributed by atoms with van der Waals surface area (Å²) in [5, 5.41) is 8.93. The van der Waals surface area contributed by atoms with E-state index in [2.05, 4.69) is 18.2 Å². The lowest BCUT2D eigenvalue weighted by molar-refractivity contribution is -0.141. The van der Waals surface area contributed by atoms with Crippen molar-refractivity contribution in [2.75, 3.05) is 0 Å². The number of carbonyl (C=O) groups excluding carboxylic acids is 2. The first-order chi connectivity index (χ1) is 10.2. The second-order valence-corrected chi connectivity index (χ2v) is 6.07. The van der Waals surface area contributed by atoms with E-state index in [-0.39, 0.29) is 42.0 Å². The van der Waals surface area contributed by atoms with Crippen LogP contribution in [-0.4, -0.2) is 16.7 Å². The summed E-state index contributed by atoms with van der Waals surface area (Å²) in [4.78, 5) is 26.5. The van der Waals surface area contributed by atoms with E-state index >= 15 is 0 Å². The average molecular weight is 278 g/mol. The van der Waals surface area contributed by atoms with Crippen molar-refractivity contribution >= 4 is 11.8 Å². The Labute approximate surface area is 122 Å². The lowest BCUT2D eigenvalue weighted by Gasteiger charge is -2.17. The van der Waals surface area contributed by atoms with Crippen molar-refractivity contribution in [2.24, 2.45) is 23.7 Å². The number of rotatable bonds is 2. The number of benzene rings is 1.